The summed E-state index contributed by atoms with van der Waals surface area (Å²) in [5.41, 5.74) is 7.39. The largest absolute Gasteiger partial charge is 0.481 e. The highest BCUT2D eigenvalue weighted by Crippen LogP contribution is 2.35. The van der Waals surface area contributed by atoms with Crippen LogP contribution in [0.5, 0.6) is 0 Å². The van der Waals surface area contributed by atoms with E-state index < -0.39 is 5.97 Å². The highest BCUT2D eigenvalue weighted by atomic mass is 16.4. The number of carbonyl (C=O) groups excluding carboxylic acids is 1. The molecule has 3 aliphatic rings. The number of hydrogen-bond acceptors (Lipinski definition) is 6. The summed E-state index contributed by atoms with van der Waals surface area (Å²) in [6, 6.07) is 10.3. The first-order chi connectivity index (χ1) is 18.4. The van der Waals surface area contributed by atoms with Crippen LogP contribution >= 0.6 is 0 Å². The molecule has 38 heavy (non-hydrogen) atoms. The first-order valence-corrected chi connectivity index (χ1v) is 13.1. The summed E-state index contributed by atoms with van der Waals surface area (Å²) >= 11 is 0. The number of aromatic nitrogens is 3. The van der Waals surface area contributed by atoms with Gasteiger partial charge in [-0.25, -0.2) is 4.68 Å². The number of aryl methyl sites for hydroxylation is 2. The molecule has 9 nitrogen and oxygen atoms in total. The Morgan fingerprint density at radius 3 is 2.82 bits per heavy atom. The molecule has 1 aromatic heterocycles. The summed E-state index contributed by atoms with van der Waals surface area (Å²) in [4.78, 5) is 27.2. The molecule has 3 aliphatic heterocycles. The van der Waals surface area contributed by atoms with E-state index in [1.807, 2.05) is 65.0 Å². The van der Waals surface area contributed by atoms with Crippen LogP contribution in [0.2, 0.25) is 0 Å². The Kier molecular flexibility index (Phi) is 6.06. The van der Waals surface area contributed by atoms with E-state index in [-0.39, 0.29) is 24.3 Å². The van der Waals surface area contributed by atoms with Crippen molar-refractivity contribution in [3.05, 3.63) is 82.6 Å². The molecule has 0 aliphatic carbocycles. The van der Waals surface area contributed by atoms with E-state index in [9.17, 15) is 14.7 Å². The van der Waals surface area contributed by atoms with Gasteiger partial charge in [-0.3, -0.25) is 14.6 Å². The predicted octanol–water partition coefficient (Wildman–Crippen LogP) is 3.76. The van der Waals surface area contributed by atoms with Crippen molar-refractivity contribution in [3.63, 3.8) is 0 Å². The number of rotatable bonds is 6. The van der Waals surface area contributed by atoms with Crippen LogP contribution in [0.25, 0.3) is 11.0 Å². The number of hydrogen-bond donors (Lipinski definition) is 1. The molecule has 0 saturated carbocycles. The third-order valence-corrected chi connectivity index (χ3v) is 7.88. The molecule has 2 atom stereocenters. The van der Waals surface area contributed by atoms with E-state index in [4.69, 9.17) is 0 Å². The van der Waals surface area contributed by atoms with Crippen LogP contribution in [-0.2, 0) is 29.1 Å². The maximum atomic E-state index is 13.4. The van der Waals surface area contributed by atoms with Gasteiger partial charge >= 0.3 is 5.97 Å². The Bertz CT molecular complexity index is 1530. The molecule has 0 fully saturated rings. The van der Waals surface area contributed by atoms with E-state index in [0.717, 1.165) is 39.7 Å². The molecular weight excluding hydrogens is 480 g/mol. The fourth-order valence-electron chi connectivity index (χ4n) is 5.83. The molecule has 1 N–H and O–H groups in total. The lowest BCUT2D eigenvalue weighted by atomic mass is 9.83. The van der Waals surface area contributed by atoms with Crippen molar-refractivity contribution in [2.45, 2.75) is 58.2 Å². The quantitative estimate of drug-likeness (QED) is 0.542. The van der Waals surface area contributed by atoms with Crippen LogP contribution in [0.1, 0.15) is 53.5 Å². The van der Waals surface area contributed by atoms with Crippen molar-refractivity contribution in [2.75, 3.05) is 6.54 Å². The first kappa shape index (κ1) is 24.1. The number of amides is 1. The zero-order valence-electron chi connectivity index (χ0n) is 21.5. The van der Waals surface area contributed by atoms with Gasteiger partial charge in [0.1, 0.15) is 11.2 Å². The highest BCUT2D eigenvalue weighted by molar-refractivity contribution is 6.39. The Balaban J connectivity index is 1.30. The van der Waals surface area contributed by atoms with Crippen LogP contribution in [0.15, 0.2) is 59.9 Å². The van der Waals surface area contributed by atoms with Gasteiger partial charge in [0.2, 0.25) is 0 Å². The third kappa shape index (κ3) is 4.17. The van der Waals surface area contributed by atoms with Gasteiger partial charge < -0.3 is 10.0 Å². The lowest BCUT2D eigenvalue weighted by Crippen LogP contribution is -2.40. The van der Waals surface area contributed by atoms with E-state index in [1.165, 1.54) is 5.56 Å². The summed E-state index contributed by atoms with van der Waals surface area (Å²) in [6.45, 7) is 5.85. The molecule has 1 amide bonds. The van der Waals surface area contributed by atoms with E-state index in [1.54, 1.807) is 0 Å². The minimum absolute atomic E-state index is 0.0281. The number of aliphatic carboxylic acids is 1. The maximum Gasteiger partial charge on any atom is 0.304 e. The fraction of sp³-hybridized carbons (Fsp3) is 0.345. The highest BCUT2D eigenvalue weighted by Gasteiger charge is 2.32. The molecule has 6 rings (SSSR count). The van der Waals surface area contributed by atoms with E-state index >= 15 is 0 Å². The van der Waals surface area contributed by atoms with Crippen LogP contribution in [0, 0.1) is 6.92 Å². The maximum absolute atomic E-state index is 13.4. The van der Waals surface area contributed by atoms with Crippen molar-refractivity contribution < 1.29 is 14.7 Å². The molecular formula is C29H30N6O3. The predicted molar refractivity (Wildman–Crippen MR) is 144 cm³/mol. The Hall–Kier alpha value is -4.27. The van der Waals surface area contributed by atoms with Gasteiger partial charge in [0.25, 0.3) is 5.91 Å². The Labute approximate surface area is 220 Å². The molecule has 3 aromatic rings. The smallest absolute Gasteiger partial charge is 0.304 e. The summed E-state index contributed by atoms with van der Waals surface area (Å²) < 4.78 is 1.84. The van der Waals surface area contributed by atoms with Crippen molar-refractivity contribution in [1.29, 1.82) is 0 Å². The zero-order chi connectivity index (χ0) is 26.4. The molecule has 9 heteroatoms. The van der Waals surface area contributed by atoms with Crippen LogP contribution < -0.4 is 0 Å². The van der Waals surface area contributed by atoms with Gasteiger partial charge in [-0.1, -0.05) is 41.6 Å². The van der Waals surface area contributed by atoms with Crippen LogP contribution in [0.3, 0.4) is 0 Å². The summed E-state index contributed by atoms with van der Waals surface area (Å²) in [5, 5.41) is 24.8. The van der Waals surface area contributed by atoms with Crippen molar-refractivity contribution in [1.82, 2.24) is 24.9 Å². The van der Waals surface area contributed by atoms with Gasteiger partial charge in [-0.15, -0.1) is 5.10 Å². The second-order valence-electron chi connectivity index (χ2n) is 10.1. The third-order valence-electron chi connectivity index (χ3n) is 7.88. The number of hydrazone groups is 1. The van der Waals surface area contributed by atoms with Gasteiger partial charge in [0, 0.05) is 38.2 Å². The Morgan fingerprint density at radius 2 is 2.03 bits per heavy atom. The SMILES string of the molecule is CCn1nnc2c(C)c(C(CC(=O)O)c3ccc4c(c3)CN(C(=O)C3=NN5C=CC=CC5C3)CC4)ccc21. The average molecular weight is 511 g/mol. The standard InChI is InChI=1S/C29H30N6O3/c1-3-34-26-10-9-23(18(2)28(26)30-32-34)24(16-27(36)37)20-8-7-19-11-13-33(17-21(19)14-20)29(38)25-15-22-6-4-5-12-35(22)31-25/h4-10,12,14,22,24H,3,11,13,15-17H2,1-2H3,(H,36,37). The van der Waals surface area contributed by atoms with E-state index in [2.05, 4.69) is 33.6 Å². The zero-order valence-corrected chi connectivity index (χ0v) is 21.5. The van der Waals surface area contributed by atoms with Gasteiger partial charge in [-0.2, -0.15) is 5.10 Å². The van der Waals surface area contributed by atoms with Crippen LogP contribution in [-0.4, -0.2) is 60.2 Å². The van der Waals surface area contributed by atoms with Crippen molar-refractivity contribution >= 4 is 28.6 Å². The fourth-order valence-corrected chi connectivity index (χ4v) is 5.83. The minimum atomic E-state index is -0.861. The summed E-state index contributed by atoms with van der Waals surface area (Å²) in [5.74, 6) is -1.23. The normalized spacial score (nSPS) is 18.9. The first-order valence-electron chi connectivity index (χ1n) is 13.1. The summed E-state index contributed by atoms with van der Waals surface area (Å²) in [6.07, 6.45) is 9.20. The monoisotopic (exact) mass is 510 g/mol. The number of carboxylic acids is 1. The number of benzene rings is 2. The van der Waals surface area contributed by atoms with Gasteiger partial charge in [-0.05, 0) is 60.2 Å². The Morgan fingerprint density at radius 1 is 1.16 bits per heavy atom. The number of fused-ring (bicyclic) bond motifs is 3. The molecule has 0 bridgehead atoms. The molecule has 2 unspecified atom stereocenters. The number of allylic oxidation sites excluding steroid dienone is 2. The lowest BCUT2D eigenvalue weighted by Gasteiger charge is -2.30. The summed E-state index contributed by atoms with van der Waals surface area (Å²) in [7, 11) is 0. The molecule has 0 radical (unpaired) electrons. The average Bonchev–Trinajstić information content (AvgIpc) is 3.56. The second kappa shape index (κ2) is 9.55. The van der Waals surface area contributed by atoms with Crippen LogP contribution in [0.4, 0.5) is 0 Å². The van der Waals surface area contributed by atoms with Gasteiger partial charge in [0.05, 0.1) is 18.0 Å². The number of carbonyl (C=O) groups is 2. The molecule has 194 valence electrons. The molecule has 4 heterocycles. The van der Waals surface area contributed by atoms with Gasteiger partial charge in [0.15, 0.2) is 0 Å². The lowest BCUT2D eigenvalue weighted by molar-refractivity contribution is -0.137. The molecule has 0 saturated heterocycles. The number of nitrogens with zero attached hydrogens (tertiary/aromatic N) is 6. The topological polar surface area (TPSA) is 104 Å². The minimum Gasteiger partial charge on any atom is -0.481 e. The van der Waals surface area contributed by atoms with E-state index in [0.29, 0.717) is 31.8 Å². The molecule has 2 aromatic carbocycles. The number of carboxylic acid groups (broad SMARTS) is 1. The molecule has 0 spiro atoms. The van der Waals surface area contributed by atoms with Crippen molar-refractivity contribution in [2.24, 2.45) is 5.10 Å². The second-order valence-corrected chi connectivity index (χ2v) is 10.1. The van der Waals surface area contributed by atoms with Crippen molar-refractivity contribution in [3.8, 4) is 0 Å².